The van der Waals surface area contributed by atoms with Crippen LogP contribution in [-0.4, -0.2) is 22.0 Å². The third-order valence-electron chi connectivity index (χ3n) is 3.79. The van der Waals surface area contributed by atoms with Crippen LogP contribution in [0.25, 0.3) is 16.8 Å². The van der Waals surface area contributed by atoms with Crippen molar-refractivity contribution in [3.05, 3.63) is 82.5 Å². The van der Waals surface area contributed by atoms with E-state index >= 15 is 0 Å². The van der Waals surface area contributed by atoms with Gasteiger partial charge in [0.15, 0.2) is 0 Å². The molecule has 0 spiro atoms. The fourth-order valence-electron chi connectivity index (χ4n) is 2.58. The zero-order valence-electron chi connectivity index (χ0n) is 13.9. The summed E-state index contributed by atoms with van der Waals surface area (Å²) >= 11 is 0. The maximum Gasteiger partial charge on any atom is 0.573 e. The molecule has 9 heteroatoms. The standard InChI is InChI=1S/C19H11F4NO4/c20-12-3-1-11(2-4-12)16-10-24(17(25)9-15(16)18(26)27)13-5-7-14(8-6-13)28-19(21,22)23/h1-10H,(H,26,27). The smallest absolute Gasteiger partial charge is 0.478 e. The van der Waals surface area contributed by atoms with Gasteiger partial charge in [-0.25, -0.2) is 9.18 Å². The van der Waals surface area contributed by atoms with Crippen LogP contribution in [0.4, 0.5) is 17.6 Å². The van der Waals surface area contributed by atoms with Crippen LogP contribution in [0.5, 0.6) is 5.75 Å². The lowest BCUT2D eigenvalue weighted by atomic mass is 10.0. The highest BCUT2D eigenvalue weighted by atomic mass is 19.4. The Bertz CT molecular complexity index is 1070. The molecular weight excluding hydrogens is 382 g/mol. The van der Waals surface area contributed by atoms with Crippen molar-refractivity contribution in [2.45, 2.75) is 6.36 Å². The first kappa shape index (κ1) is 19.2. The highest BCUT2D eigenvalue weighted by Crippen LogP contribution is 2.26. The van der Waals surface area contributed by atoms with Crippen molar-refractivity contribution in [2.75, 3.05) is 0 Å². The third-order valence-corrected chi connectivity index (χ3v) is 3.79. The van der Waals surface area contributed by atoms with Crippen LogP contribution in [0.3, 0.4) is 0 Å². The van der Waals surface area contributed by atoms with Crippen LogP contribution in [0.15, 0.2) is 65.6 Å². The summed E-state index contributed by atoms with van der Waals surface area (Å²) in [7, 11) is 0. The normalized spacial score (nSPS) is 11.3. The number of carboxylic acids is 1. The van der Waals surface area contributed by atoms with E-state index in [0.717, 1.165) is 34.9 Å². The first-order valence-corrected chi connectivity index (χ1v) is 7.76. The maximum atomic E-state index is 13.2. The molecule has 3 aromatic rings. The number of carboxylic acid groups (broad SMARTS) is 1. The van der Waals surface area contributed by atoms with E-state index in [1.165, 1.54) is 30.5 Å². The second-order valence-corrected chi connectivity index (χ2v) is 5.66. The monoisotopic (exact) mass is 393 g/mol. The van der Waals surface area contributed by atoms with Gasteiger partial charge in [-0.05, 0) is 42.0 Å². The Labute approximate surface area is 155 Å². The Balaban J connectivity index is 2.09. The number of hydrogen-bond donors (Lipinski definition) is 1. The number of aromatic nitrogens is 1. The SMILES string of the molecule is O=C(O)c1cc(=O)n(-c2ccc(OC(F)(F)F)cc2)cc1-c1ccc(F)cc1. The fraction of sp³-hybridized carbons (Fsp3) is 0.0526. The largest absolute Gasteiger partial charge is 0.573 e. The molecule has 0 amide bonds. The van der Waals surface area contributed by atoms with Crippen molar-refractivity contribution in [1.29, 1.82) is 0 Å². The van der Waals surface area contributed by atoms with Gasteiger partial charge >= 0.3 is 12.3 Å². The molecule has 0 aliphatic rings. The second kappa shape index (κ2) is 7.18. The number of pyridine rings is 1. The average Bonchev–Trinajstić information content (AvgIpc) is 2.62. The Kier molecular flexibility index (Phi) is 4.91. The number of hydrogen-bond acceptors (Lipinski definition) is 3. The Morgan fingerprint density at radius 1 is 1.00 bits per heavy atom. The molecule has 3 rings (SSSR count). The lowest BCUT2D eigenvalue weighted by Gasteiger charge is -2.13. The van der Waals surface area contributed by atoms with Crippen LogP contribution in [-0.2, 0) is 0 Å². The van der Waals surface area contributed by atoms with Crippen molar-refractivity contribution in [1.82, 2.24) is 4.57 Å². The molecule has 1 heterocycles. The van der Waals surface area contributed by atoms with Gasteiger partial charge in [0.05, 0.1) is 5.56 Å². The van der Waals surface area contributed by atoms with E-state index in [9.17, 15) is 32.3 Å². The van der Waals surface area contributed by atoms with Crippen LogP contribution >= 0.6 is 0 Å². The molecule has 0 radical (unpaired) electrons. The summed E-state index contributed by atoms with van der Waals surface area (Å²) in [5, 5.41) is 9.37. The minimum atomic E-state index is -4.85. The predicted octanol–water partition coefficient (Wildman–Crippen LogP) is 4.24. The van der Waals surface area contributed by atoms with Gasteiger partial charge in [-0.15, -0.1) is 13.2 Å². The van der Waals surface area contributed by atoms with E-state index in [1.54, 1.807) is 0 Å². The summed E-state index contributed by atoms with van der Waals surface area (Å²) in [4.78, 5) is 23.8. The lowest BCUT2D eigenvalue weighted by molar-refractivity contribution is -0.274. The van der Waals surface area contributed by atoms with Gasteiger partial charge in [0, 0.05) is 23.5 Å². The molecule has 0 saturated carbocycles. The third kappa shape index (κ3) is 4.20. The first-order chi connectivity index (χ1) is 13.1. The molecule has 0 aliphatic carbocycles. The molecule has 0 fully saturated rings. The minimum absolute atomic E-state index is 0.141. The number of alkyl halides is 3. The van der Waals surface area contributed by atoms with Gasteiger partial charge in [0.1, 0.15) is 11.6 Å². The van der Waals surface area contributed by atoms with Crippen molar-refractivity contribution >= 4 is 5.97 Å². The van der Waals surface area contributed by atoms with Crippen molar-refractivity contribution in [3.8, 4) is 22.6 Å². The van der Waals surface area contributed by atoms with E-state index in [2.05, 4.69) is 4.74 Å². The number of ether oxygens (including phenoxy) is 1. The predicted molar refractivity (Wildman–Crippen MR) is 91.1 cm³/mol. The van der Waals surface area contributed by atoms with Gasteiger partial charge in [0.2, 0.25) is 0 Å². The zero-order valence-corrected chi connectivity index (χ0v) is 13.9. The number of halogens is 4. The molecule has 28 heavy (non-hydrogen) atoms. The second-order valence-electron chi connectivity index (χ2n) is 5.66. The van der Waals surface area contributed by atoms with E-state index in [-0.39, 0.29) is 16.8 Å². The van der Waals surface area contributed by atoms with Crippen molar-refractivity contribution < 1.29 is 32.2 Å². The number of aromatic carboxylic acids is 1. The number of carbonyl (C=O) groups is 1. The highest BCUT2D eigenvalue weighted by molar-refractivity contribution is 5.95. The fourth-order valence-corrected chi connectivity index (χ4v) is 2.58. The Morgan fingerprint density at radius 2 is 1.61 bits per heavy atom. The molecule has 2 aromatic carbocycles. The van der Waals surface area contributed by atoms with E-state index in [1.807, 2.05) is 0 Å². The van der Waals surface area contributed by atoms with E-state index < -0.39 is 29.5 Å². The quantitative estimate of drug-likeness (QED) is 0.674. The Morgan fingerprint density at radius 3 is 2.14 bits per heavy atom. The minimum Gasteiger partial charge on any atom is -0.478 e. The maximum absolute atomic E-state index is 13.2. The molecule has 1 aromatic heterocycles. The molecule has 5 nitrogen and oxygen atoms in total. The summed E-state index contributed by atoms with van der Waals surface area (Å²) in [5.74, 6) is -2.34. The number of nitrogens with zero attached hydrogens (tertiary/aromatic N) is 1. The molecule has 0 saturated heterocycles. The van der Waals surface area contributed by atoms with Crippen LogP contribution < -0.4 is 10.3 Å². The van der Waals surface area contributed by atoms with Gasteiger partial charge in [0.25, 0.3) is 5.56 Å². The van der Waals surface area contributed by atoms with Crippen LogP contribution in [0.2, 0.25) is 0 Å². The molecule has 0 unspecified atom stereocenters. The van der Waals surface area contributed by atoms with E-state index in [0.29, 0.717) is 5.56 Å². The van der Waals surface area contributed by atoms with Gasteiger partial charge in [-0.2, -0.15) is 0 Å². The molecule has 0 aliphatic heterocycles. The highest BCUT2D eigenvalue weighted by Gasteiger charge is 2.31. The summed E-state index contributed by atoms with van der Waals surface area (Å²) in [6.45, 7) is 0. The summed E-state index contributed by atoms with van der Waals surface area (Å²) in [5.41, 5.74) is -0.301. The summed E-state index contributed by atoms with van der Waals surface area (Å²) in [6.07, 6.45) is -3.62. The van der Waals surface area contributed by atoms with Crippen molar-refractivity contribution in [2.24, 2.45) is 0 Å². The molecule has 144 valence electrons. The first-order valence-electron chi connectivity index (χ1n) is 7.76. The van der Waals surface area contributed by atoms with Crippen molar-refractivity contribution in [3.63, 3.8) is 0 Å². The van der Waals surface area contributed by atoms with Crippen LogP contribution in [0, 0.1) is 5.82 Å². The zero-order chi connectivity index (χ0) is 20.5. The van der Waals surface area contributed by atoms with E-state index in [4.69, 9.17) is 0 Å². The number of rotatable bonds is 4. The Hall–Kier alpha value is -3.62. The molecule has 1 N–H and O–H groups in total. The van der Waals surface area contributed by atoms with Crippen LogP contribution in [0.1, 0.15) is 10.4 Å². The summed E-state index contributed by atoms with van der Waals surface area (Å²) < 4.78 is 54.8. The molecule has 0 bridgehead atoms. The van der Waals surface area contributed by atoms with Gasteiger partial charge in [-0.3, -0.25) is 9.36 Å². The topological polar surface area (TPSA) is 68.5 Å². The lowest BCUT2D eigenvalue weighted by Crippen LogP contribution is -2.20. The van der Waals surface area contributed by atoms with Gasteiger partial charge < -0.3 is 9.84 Å². The summed E-state index contributed by atoms with van der Waals surface area (Å²) in [6, 6.07) is 10.4. The average molecular weight is 393 g/mol. The van der Waals surface area contributed by atoms with Gasteiger partial charge in [-0.1, -0.05) is 12.1 Å². The number of benzene rings is 2. The molecule has 0 atom stereocenters. The molecular formula is C19H11F4NO4.